The Bertz CT molecular complexity index is 630. The Morgan fingerprint density at radius 1 is 1.00 bits per heavy atom. The molecule has 4 aliphatic carbocycles. The lowest BCUT2D eigenvalue weighted by Gasteiger charge is -2.57. The maximum Gasteiger partial charge on any atom is 0.0577 e. The Kier molecular flexibility index (Phi) is 4.18. The third-order valence-corrected chi connectivity index (χ3v) is 9.41. The van der Waals surface area contributed by atoms with Crippen LogP contribution < -0.4 is 0 Å². The van der Waals surface area contributed by atoms with Gasteiger partial charge >= 0.3 is 0 Å². The molecule has 0 spiro atoms. The third-order valence-electron chi connectivity index (χ3n) is 9.41. The second kappa shape index (κ2) is 6.21. The number of likely N-dealkylation sites (tertiary alicyclic amines) is 1. The van der Waals surface area contributed by atoms with Crippen molar-refractivity contribution in [2.45, 2.75) is 77.7 Å². The fourth-order valence-corrected chi connectivity index (χ4v) is 7.72. The molecule has 0 radical (unpaired) electrons. The van der Waals surface area contributed by atoms with Gasteiger partial charge in [0.25, 0.3) is 0 Å². The van der Waals surface area contributed by atoms with E-state index in [1.54, 1.807) is 11.1 Å². The minimum atomic E-state index is -0.0834. The van der Waals surface area contributed by atoms with E-state index in [0.717, 1.165) is 30.6 Å². The first-order chi connectivity index (χ1) is 12.5. The minimum Gasteiger partial charge on any atom is -0.393 e. The summed E-state index contributed by atoms with van der Waals surface area (Å²) in [5.74, 6) is 2.58. The van der Waals surface area contributed by atoms with Gasteiger partial charge in [-0.3, -0.25) is 4.90 Å². The van der Waals surface area contributed by atoms with Crippen LogP contribution in [-0.4, -0.2) is 35.7 Å². The van der Waals surface area contributed by atoms with Crippen LogP contribution in [0.15, 0.2) is 23.3 Å². The van der Waals surface area contributed by atoms with E-state index in [0.29, 0.717) is 10.8 Å². The monoisotopic (exact) mass is 355 g/mol. The van der Waals surface area contributed by atoms with Gasteiger partial charge in [0.15, 0.2) is 0 Å². The van der Waals surface area contributed by atoms with Gasteiger partial charge in [0.05, 0.1) is 6.10 Å². The van der Waals surface area contributed by atoms with Crippen LogP contribution in [0.4, 0.5) is 0 Å². The molecule has 1 unspecified atom stereocenters. The van der Waals surface area contributed by atoms with Crippen molar-refractivity contribution in [2.24, 2.45) is 28.6 Å². The number of fused-ring (bicyclic) bond motifs is 5. The molecule has 1 saturated heterocycles. The maximum atomic E-state index is 10.2. The van der Waals surface area contributed by atoms with E-state index in [2.05, 4.69) is 30.9 Å². The lowest BCUT2D eigenvalue weighted by molar-refractivity contribution is -0.0306. The highest BCUT2D eigenvalue weighted by atomic mass is 16.3. The first kappa shape index (κ1) is 17.5. The van der Waals surface area contributed by atoms with E-state index in [1.165, 1.54) is 64.6 Å². The summed E-state index contributed by atoms with van der Waals surface area (Å²) in [6.07, 6.45) is 16.5. The quantitative estimate of drug-likeness (QED) is 0.709. The largest absolute Gasteiger partial charge is 0.393 e. The van der Waals surface area contributed by atoms with E-state index >= 15 is 0 Å². The van der Waals surface area contributed by atoms with E-state index in [9.17, 15) is 5.11 Å². The number of aliphatic hydroxyl groups excluding tert-OH is 1. The molecular formula is C24H37NO. The van der Waals surface area contributed by atoms with Crippen LogP contribution in [0.5, 0.6) is 0 Å². The van der Waals surface area contributed by atoms with Crippen LogP contribution in [0.1, 0.15) is 71.6 Å². The van der Waals surface area contributed by atoms with E-state index in [4.69, 9.17) is 0 Å². The number of allylic oxidation sites excluding steroid dienone is 2. The second-order valence-corrected chi connectivity index (χ2v) is 10.6. The predicted octanol–water partition coefficient (Wildman–Crippen LogP) is 4.94. The van der Waals surface area contributed by atoms with Crippen molar-refractivity contribution < 1.29 is 5.11 Å². The normalized spacial score (nSPS) is 48.4. The van der Waals surface area contributed by atoms with E-state index in [1.807, 2.05) is 0 Å². The summed E-state index contributed by atoms with van der Waals surface area (Å²) in [6, 6.07) is 0. The zero-order chi connectivity index (χ0) is 17.9. The Morgan fingerprint density at radius 2 is 1.77 bits per heavy atom. The van der Waals surface area contributed by atoms with Gasteiger partial charge in [-0.25, -0.2) is 0 Å². The topological polar surface area (TPSA) is 23.5 Å². The van der Waals surface area contributed by atoms with Gasteiger partial charge < -0.3 is 5.11 Å². The van der Waals surface area contributed by atoms with Crippen LogP contribution in [0.25, 0.3) is 0 Å². The van der Waals surface area contributed by atoms with Gasteiger partial charge in [0.2, 0.25) is 0 Å². The predicted molar refractivity (Wildman–Crippen MR) is 107 cm³/mol. The van der Waals surface area contributed by atoms with Crippen LogP contribution in [0.2, 0.25) is 0 Å². The molecule has 0 amide bonds. The molecule has 0 aromatic carbocycles. The van der Waals surface area contributed by atoms with Gasteiger partial charge in [-0.15, -0.1) is 0 Å². The van der Waals surface area contributed by atoms with Crippen LogP contribution >= 0.6 is 0 Å². The molecule has 0 aromatic rings. The smallest absolute Gasteiger partial charge is 0.0577 e. The molecule has 26 heavy (non-hydrogen) atoms. The highest BCUT2D eigenvalue weighted by Gasteiger charge is 2.56. The number of rotatable bonds is 2. The molecule has 6 atom stereocenters. The van der Waals surface area contributed by atoms with Gasteiger partial charge in [-0.1, -0.05) is 37.1 Å². The summed E-state index contributed by atoms with van der Waals surface area (Å²) in [6.45, 7) is 9.02. The van der Waals surface area contributed by atoms with Crippen molar-refractivity contribution in [3.63, 3.8) is 0 Å². The number of hydrogen-bond acceptors (Lipinski definition) is 2. The molecule has 5 rings (SSSR count). The van der Waals surface area contributed by atoms with Crippen LogP contribution in [0.3, 0.4) is 0 Å². The lowest BCUT2D eigenvalue weighted by Crippen LogP contribution is -2.50. The molecule has 144 valence electrons. The van der Waals surface area contributed by atoms with Crippen LogP contribution in [-0.2, 0) is 0 Å². The average molecular weight is 356 g/mol. The molecule has 2 heteroatoms. The van der Waals surface area contributed by atoms with Crippen molar-refractivity contribution in [3.05, 3.63) is 23.3 Å². The first-order valence-corrected chi connectivity index (χ1v) is 11.3. The fraction of sp³-hybridized carbons (Fsp3) is 0.833. The van der Waals surface area contributed by atoms with Crippen molar-refractivity contribution in [3.8, 4) is 0 Å². The summed E-state index contributed by atoms with van der Waals surface area (Å²) in [5.41, 5.74) is 4.21. The average Bonchev–Trinajstić information content (AvgIpc) is 3.24. The first-order valence-electron chi connectivity index (χ1n) is 11.3. The zero-order valence-electron chi connectivity index (χ0n) is 16.8. The number of aliphatic hydroxyl groups is 1. The summed E-state index contributed by atoms with van der Waals surface area (Å²) < 4.78 is 0. The Morgan fingerprint density at radius 3 is 2.58 bits per heavy atom. The highest BCUT2D eigenvalue weighted by Crippen LogP contribution is 2.64. The fourth-order valence-electron chi connectivity index (χ4n) is 7.72. The lowest BCUT2D eigenvalue weighted by atomic mass is 9.47. The second-order valence-electron chi connectivity index (χ2n) is 10.6. The van der Waals surface area contributed by atoms with Crippen LogP contribution in [0, 0.1) is 28.6 Å². The standard InChI is InChI=1S/C24H37NO/c1-23-11-9-19(26)15-17(23)5-7-20-21-8-6-18(16-25-13-3-4-14-25)24(21,2)12-10-22(20)23/h5-6,19-22,26H,3-4,7-16H2,1-2H3/t19?,20-,21-,22-,23-,24+/m0/s1. The molecule has 0 bridgehead atoms. The molecule has 0 aromatic heterocycles. The van der Waals surface area contributed by atoms with Crippen molar-refractivity contribution in [2.75, 3.05) is 19.6 Å². The number of nitrogens with zero attached hydrogens (tertiary/aromatic N) is 1. The summed E-state index contributed by atoms with van der Waals surface area (Å²) in [7, 11) is 0. The molecule has 2 saturated carbocycles. The van der Waals surface area contributed by atoms with Gasteiger partial charge in [0, 0.05) is 6.54 Å². The van der Waals surface area contributed by atoms with E-state index < -0.39 is 0 Å². The third kappa shape index (κ3) is 2.51. The minimum absolute atomic E-state index is 0.0834. The molecule has 1 aliphatic heterocycles. The van der Waals surface area contributed by atoms with Gasteiger partial charge in [-0.05, 0) is 99.5 Å². The van der Waals surface area contributed by atoms with Gasteiger partial charge in [-0.2, -0.15) is 0 Å². The van der Waals surface area contributed by atoms with E-state index in [-0.39, 0.29) is 6.10 Å². The summed E-state index contributed by atoms with van der Waals surface area (Å²) in [4.78, 5) is 2.70. The Hall–Kier alpha value is -0.600. The van der Waals surface area contributed by atoms with Crippen molar-refractivity contribution >= 4 is 0 Å². The zero-order valence-corrected chi connectivity index (χ0v) is 16.8. The summed E-state index contributed by atoms with van der Waals surface area (Å²) in [5, 5.41) is 10.2. The highest BCUT2D eigenvalue weighted by molar-refractivity contribution is 5.30. The SMILES string of the molecule is C[C@]12CCC(O)CC1=CC[C@@H]1[C@@H]2CC[C@]2(C)C(CN3CCCC3)=CC[C@@H]12. The number of hydrogen-bond donors (Lipinski definition) is 1. The van der Waals surface area contributed by atoms with Gasteiger partial charge in [0.1, 0.15) is 0 Å². The molecule has 5 aliphatic rings. The molecular weight excluding hydrogens is 318 g/mol. The van der Waals surface area contributed by atoms with Crippen molar-refractivity contribution in [1.82, 2.24) is 4.90 Å². The summed E-state index contributed by atoms with van der Waals surface area (Å²) >= 11 is 0. The Balaban J connectivity index is 1.38. The Labute approximate surface area is 159 Å². The maximum absolute atomic E-state index is 10.2. The molecule has 1 heterocycles. The molecule has 1 N–H and O–H groups in total. The molecule has 3 fully saturated rings. The molecule has 2 nitrogen and oxygen atoms in total. The van der Waals surface area contributed by atoms with Crippen molar-refractivity contribution in [1.29, 1.82) is 0 Å².